The quantitative estimate of drug-likeness (QED) is 0.633. The van der Waals surface area contributed by atoms with Crippen molar-refractivity contribution in [1.82, 2.24) is 9.78 Å². The molecule has 1 saturated carbocycles. The molecule has 1 aromatic heterocycles. The molecule has 3 fully saturated rings. The second kappa shape index (κ2) is 6.63. The number of fused-ring (bicyclic) bond motifs is 5. The first-order valence-corrected chi connectivity index (χ1v) is 10.2. The zero-order valence-corrected chi connectivity index (χ0v) is 17.5. The summed E-state index contributed by atoms with van der Waals surface area (Å²) in [5, 5.41) is 15.8. The van der Waals surface area contributed by atoms with E-state index in [2.05, 4.69) is 10.4 Å². The molecule has 13 heteroatoms. The van der Waals surface area contributed by atoms with Crippen LogP contribution in [-0.2, 0) is 34.3 Å². The largest absolute Gasteiger partial charge is 0.435 e. The van der Waals surface area contributed by atoms with Crippen LogP contribution < -0.4 is 5.32 Å². The predicted molar refractivity (Wildman–Crippen MR) is 101 cm³/mol. The van der Waals surface area contributed by atoms with Crippen LogP contribution >= 0.6 is 11.6 Å². The number of benzene rings is 1. The second-order valence-corrected chi connectivity index (χ2v) is 9.08. The number of hydrogen-bond acceptors (Lipinski definition) is 4. The number of nitrogens with zero attached hydrogens (tertiary/aromatic N) is 2. The van der Waals surface area contributed by atoms with Gasteiger partial charge in [-0.3, -0.25) is 9.48 Å². The van der Waals surface area contributed by atoms with E-state index in [9.17, 15) is 36.2 Å². The van der Waals surface area contributed by atoms with Gasteiger partial charge < -0.3 is 15.2 Å². The van der Waals surface area contributed by atoms with Crippen LogP contribution in [0.1, 0.15) is 29.7 Å². The van der Waals surface area contributed by atoms with Gasteiger partial charge in [0.15, 0.2) is 5.69 Å². The molecule has 2 bridgehead atoms. The fourth-order valence-corrected chi connectivity index (χ4v) is 5.87. The number of hydrogen-bond donors (Lipinski definition) is 2. The van der Waals surface area contributed by atoms with Crippen molar-refractivity contribution in [1.29, 1.82) is 0 Å². The van der Waals surface area contributed by atoms with Crippen LogP contribution in [0.4, 0.5) is 32.0 Å². The number of halogens is 7. The molecule has 178 valence electrons. The molecule has 3 aliphatic rings. The molecular formula is C20H16ClF6N3O3. The lowest BCUT2D eigenvalue weighted by atomic mass is 9.73. The van der Waals surface area contributed by atoms with Gasteiger partial charge in [0, 0.05) is 36.3 Å². The summed E-state index contributed by atoms with van der Waals surface area (Å²) in [5.41, 5.74) is -5.44. The first kappa shape index (κ1) is 22.5. The summed E-state index contributed by atoms with van der Waals surface area (Å²) in [7, 11) is 1.31. The van der Waals surface area contributed by atoms with E-state index in [1.54, 1.807) is 0 Å². The zero-order valence-electron chi connectivity index (χ0n) is 16.8. The monoisotopic (exact) mass is 495 g/mol. The van der Waals surface area contributed by atoms with Crippen molar-refractivity contribution in [2.45, 2.75) is 48.9 Å². The molecule has 0 unspecified atom stereocenters. The van der Waals surface area contributed by atoms with Crippen LogP contribution in [0.5, 0.6) is 0 Å². The first-order valence-electron chi connectivity index (χ1n) is 9.85. The van der Waals surface area contributed by atoms with E-state index in [4.69, 9.17) is 16.3 Å². The van der Waals surface area contributed by atoms with Crippen LogP contribution in [-0.4, -0.2) is 39.1 Å². The number of carbonyl (C=O) groups excluding carboxylic acids is 1. The summed E-state index contributed by atoms with van der Waals surface area (Å²) in [5.74, 6) is -0.713. The standard InChI is InChI=1S/C20H16ClF6N3O3/c1-30-6-10(14(29-30)20(25,26)27)17-7-18(17,13-5-12(31)15(17)33-13)16(32)28-8-2-3-9(11(21)4-8)19(22,23)24/h2-4,6,12-13,15,31H,5,7H2,1H3,(H,28,32)/t12-,13+,15-,17+,18+/m0/s1. The molecule has 6 nitrogen and oxygen atoms in total. The van der Waals surface area contributed by atoms with Crippen molar-refractivity contribution in [3.8, 4) is 0 Å². The van der Waals surface area contributed by atoms with Gasteiger partial charge in [-0.2, -0.15) is 31.4 Å². The molecule has 2 saturated heterocycles. The SMILES string of the molecule is Cn1cc([C@@]23C[C@]2(C(=O)Nc2ccc(C(F)(F)F)c(Cl)c2)[C@H]2C[C@H](O)[C@@H]3O2)c(C(F)(F)F)n1. The average Bonchev–Trinajstić information content (AvgIpc) is 2.90. The van der Waals surface area contributed by atoms with E-state index in [-0.39, 0.29) is 24.1 Å². The molecule has 2 aliphatic heterocycles. The van der Waals surface area contributed by atoms with Gasteiger partial charge >= 0.3 is 12.4 Å². The maximum atomic E-state index is 13.7. The zero-order chi connectivity index (χ0) is 24.1. The first-order chi connectivity index (χ1) is 15.2. The summed E-state index contributed by atoms with van der Waals surface area (Å²) in [6.07, 6.45) is -11.3. The number of amides is 1. The maximum Gasteiger partial charge on any atom is 0.435 e. The molecule has 1 aromatic carbocycles. The van der Waals surface area contributed by atoms with E-state index in [1.807, 2.05) is 0 Å². The number of ether oxygens (including phenoxy) is 1. The molecule has 2 N–H and O–H groups in total. The van der Waals surface area contributed by atoms with Gasteiger partial charge in [-0.15, -0.1) is 0 Å². The van der Waals surface area contributed by atoms with Gasteiger partial charge in [0.2, 0.25) is 5.91 Å². The van der Waals surface area contributed by atoms with Gasteiger partial charge in [-0.1, -0.05) is 11.6 Å². The number of aliphatic hydroxyl groups is 1. The van der Waals surface area contributed by atoms with Crippen LogP contribution in [0, 0.1) is 5.41 Å². The third kappa shape index (κ3) is 2.96. The summed E-state index contributed by atoms with van der Waals surface area (Å²) in [6.45, 7) is 0. The number of aromatic nitrogens is 2. The minimum atomic E-state index is -4.80. The van der Waals surface area contributed by atoms with E-state index < -0.39 is 63.7 Å². The molecule has 1 aliphatic carbocycles. The van der Waals surface area contributed by atoms with Crippen molar-refractivity contribution >= 4 is 23.2 Å². The van der Waals surface area contributed by atoms with Crippen LogP contribution in [0.25, 0.3) is 0 Å². The molecule has 0 radical (unpaired) electrons. The molecule has 2 aromatic rings. The lowest BCUT2D eigenvalue weighted by molar-refractivity contribution is -0.143. The molecule has 5 rings (SSSR count). The normalized spacial score (nSPS) is 32.7. The highest BCUT2D eigenvalue weighted by Crippen LogP contribution is 2.78. The predicted octanol–water partition coefficient (Wildman–Crippen LogP) is 3.91. The molecule has 5 atom stereocenters. The lowest BCUT2D eigenvalue weighted by Gasteiger charge is -2.29. The Bertz CT molecular complexity index is 1160. The van der Waals surface area contributed by atoms with Gasteiger partial charge in [-0.05, 0) is 24.6 Å². The van der Waals surface area contributed by atoms with Crippen LogP contribution in [0.3, 0.4) is 0 Å². The van der Waals surface area contributed by atoms with E-state index in [0.29, 0.717) is 6.07 Å². The van der Waals surface area contributed by atoms with Gasteiger partial charge in [0.05, 0.1) is 34.3 Å². The van der Waals surface area contributed by atoms with Crippen molar-refractivity contribution in [3.63, 3.8) is 0 Å². The minimum Gasteiger partial charge on any atom is -0.390 e. The number of nitrogens with one attached hydrogen (secondary N) is 1. The van der Waals surface area contributed by atoms with Gasteiger partial charge in [0.25, 0.3) is 0 Å². The topological polar surface area (TPSA) is 76.4 Å². The van der Waals surface area contributed by atoms with Crippen molar-refractivity contribution < 1.29 is 41.0 Å². The molecular weight excluding hydrogens is 480 g/mol. The highest BCUT2D eigenvalue weighted by Gasteiger charge is 2.88. The Morgan fingerprint density at radius 2 is 1.97 bits per heavy atom. The van der Waals surface area contributed by atoms with E-state index in [0.717, 1.165) is 16.8 Å². The Labute approximate surface area is 187 Å². The summed E-state index contributed by atoms with van der Waals surface area (Å²) in [6, 6.07) is 2.65. The Morgan fingerprint density at radius 1 is 1.27 bits per heavy atom. The second-order valence-electron chi connectivity index (χ2n) is 8.68. The number of anilines is 1. The number of rotatable bonds is 3. The molecule has 1 amide bonds. The maximum absolute atomic E-state index is 13.7. The molecule has 33 heavy (non-hydrogen) atoms. The average molecular weight is 496 g/mol. The van der Waals surface area contributed by atoms with Crippen molar-refractivity contribution in [2.75, 3.05) is 5.32 Å². The highest BCUT2D eigenvalue weighted by molar-refractivity contribution is 6.31. The Morgan fingerprint density at radius 3 is 2.58 bits per heavy atom. The molecule has 3 heterocycles. The third-order valence-electron chi connectivity index (χ3n) is 6.90. The van der Waals surface area contributed by atoms with Crippen LogP contribution in [0.2, 0.25) is 5.02 Å². The molecule has 0 spiro atoms. The summed E-state index contributed by atoms with van der Waals surface area (Å²) in [4.78, 5) is 13.4. The van der Waals surface area contributed by atoms with Crippen molar-refractivity contribution in [2.24, 2.45) is 12.5 Å². The minimum absolute atomic E-state index is 0.0264. The van der Waals surface area contributed by atoms with E-state index in [1.165, 1.54) is 13.2 Å². The number of aliphatic hydroxyl groups excluding tert-OH is 1. The Hall–Kier alpha value is -2.31. The summed E-state index contributed by atoms with van der Waals surface area (Å²) >= 11 is 5.72. The van der Waals surface area contributed by atoms with Gasteiger partial charge in [-0.25, -0.2) is 0 Å². The number of carbonyl (C=O) groups is 1. The summed E-state index contributed by atoms with van der Waals surface area (Å²) < 4.78 is 86.7. The fourth-order valence-electron chi connectivity index (χ4n) is 5.59. The third-order valence-corrected chi connectivity index (χ3v) is 7.21. The van der Waals surface area contributed by atoms with Crippen LogP contribution in [0.15, 0.2) is 24.4 Å². The Balaban J connectivity index is 1.53. The van der Waals surface area contributed by atoms with Gasteiger partial charge in [0.1, 0.15) is 0 Å². The van der Waals surface area contributed by atoms with Crippen molar-refractivity contribution in [3.05, 3.63) is 46.2 Å². The number of alkyl halides is 6. The smallest absolute Gasteiger partial charge is 0.390 e. The number of aryl methyl sites for hydroxylation is 1. The Kier molecular flexibility index (Phi) is 4.52. The fraction of sp³-hybridized carbons (Fsp3) is 0.500. The van der Waals surface area contributed by atoms with E-state index >= 15 is 0 Å². The highest BCUT2D eigenvalue weighted by atomic mass is 35.5. The lowest BCUT2D eigenvalue weighted by Crippen LogP contribution is -2.45.